The third kappa shape index (κ3) is 4.34. The Morgan fingerprint density at radius 2 is 2.03 bits per heavy atom. The maximum Gasteiger partial charge on any atom is 0.252 e. The number of amides is 1. The summed E-state index contributed by atoms with van der Waals surface area (Å²) >= 11 is 1.61. The highest BCUT2D eigenvalue weighted by Gasteiger charge is 2.39. The number of nitrogens with one attached hydrogen (secondary N) is 2. The van der Waals surface area contributed by atoms with Gasteiger partial charge in [-0.25, -0.2) is 15.0 Å². The van der Waals surface area contributed by atoms with Crippen molar-refractivity contribution < 1.29 is 4.79 Å². The van der Waals surface area contributed by atoms with Crippen molar-refractivity contribution in [1.82, 2.24) is 35.0 Å². The number of carbonyl (C=O) groups excluding carboxylic acids is 1. The molecule has 1 aliphatic rings. The van der Waals surface area contributed by atoms with Gasteiger partial charge in [-0.15, -0.1) is 21.5 Å². The van der Waals surface area contributed by atoms with E-state index in [0.717, 1.165) is 42.2 Å². The van der Waals surface area contributed by atoms with Crippen molar-refractivity contribution in [3.8, 4) is 11.5 Å². The maximum atomic E-state index is 13.1. The molecule has 1 amide bonds. The SMILES string of the molecule is Cn1c(CNc2cccc(C(=O)NC3(c4nccs4)CCCC3)c2)nnc1-c1ccncn1. The quantitative estimate of drug-likeness (QED) is 0.434. The maximum absolute atomic E-state index is 13.1. The molecule has 1 saturated carbocycles. The fourth-order valence-electron chi connectivity index (χ4n) is 4.23. The van der Waals surface area contributed by atoms with E-state index in [1.165, 1.54) is 6.33 Å². The van der Waals surface area contributed by atoms with Gasteiger partial charge in [0.1, 0.15) is 17.0 Å². The van der Waals surface area contributed by atoms with Crippen molar-refractivity contribution in [3.63, 3.8) is 0 Å². The van der Waals surface area contributed by atoms with Crippen LogP contribution in [0.15, 0.2) is 54.4 Å². The Labute approximate surface area is 195 Å². The van der Waals surface area contributed by atoms with Crippen LogP contribution in [0.25, 0.3) is 11.5 Å². The van der Waals surface area contributed by atoms with E-state index in [9.17, 15) is 4.79 Å². The van der Waals surface area contributed by atoms with Crippen LogP contribution in [0, 0.1) is 0 Å². The summed E-state index contributed by atoms with van der Waals surface area (Å²) in [5.41, 5.74) is 1.81. The van der Waals surface area contributed by atoms with Gasteiger partial charge in [0.05, 0.1) is 12.1 Å². The van der Waals surface area contributed by atoms with Gasteiger partial charge < -0.3 is 15.2 Å². The lowest BCUT2D eigenvalue weighted by Crippen LogP contribution is -2.43. The molecule has 1 aromatic carbocycles. The first-order chi connectivity index (χ1) is 16.1. The molecule has 33 heavy (non-hydrogen) atoms. The van der Waals surface area contributed by atoms with E-state index >= 15 is 0 Å². The molecule has 1 aliphatic carbocycles. The molecule has 0 bridgehead atoms. The molecule has 0 spiro atoms. The summed E-state index contributed by atoms with van der Waals surface area (Å²) in [6.45, 7) is 0.461. The van der Waals surface area contributed by atoms with E-state index in [1.807, 2.05) is 41.3 Å². The molecule has 0 unspecified atom stereocenters. The van der Waals surface area contributed by atoms with Gasteiger partial charge in [-0.1, -0.05) is 18.9 Å². The predicted octanol–water partition coefficient (Wildman–Crippen LogP) is 3.54. The lowest BCUT2D eigenvalue weighted by molar-refractivity contribution is 0.0898. The zero-order valence-electron chi connectivity index (χ0n) is 18.2. The van der Waals surface area contributed by atoms with Gasteiger partial charge in [0.25, 0.3) is 5.91 Å². The van der Waals surface area contributed by atoms with Crippen LogP contribution in [0.2, 0.25) is 0 Å². The van der Waals surface area contributed by atoms with Gasteiger partial charge in [0.2, 0.25) is 0 Å². The van der Waals surface area contributed by atoms with E-state index in [4.69, 9.17) is 0 Å². The highest BCUT2D eigenvalue weighted by atomic mass is 32.1. The van der Waals surface area contributed by atoms with E-state index in [1.54, 1.807) is 29.8 Å². The number of benzene rings is 1. The first-order valence-corrected chi connectivity index (χ1v) is 11.7. The fraction of sp³-hybridized carbons (Fsp3) is 0.304. The molecule has 0 atom stereocenters. The van der Waals surface area contributed by atoms with Gasteiger partial charge >= 0.3 is 0 Å². The number of hydrogen-bond acceptors (Lipinski definition) is 8. The standard InChI is InChI=1S/C23H24N8OS/c1-31-19(29-30-20(31)18-7-10-24-15-27-18)14-26-17-6-4-5-16(13-17)21(32)28-23(8-2-3-9-23)22-25-11-12-33-22/h4-7,10-13,15,26H,2-3,8-9,14H2,1H3,(H,28,32). The highest BCUT2D eigenvalue weighted by Crippen LogP contribution is 2.39. The molecular weight excluding hydrogens is 436 g/mol. The van der Waals surface area contributed by atoms with E-state index < -0.39 is 0 Å². The van der Waals surface area contributed by atoms with Crippen LogP contribution >= 0.6 is 11.3 Å². The first kappa shape index (κ1) is 21.2. The monoisotopic (exact) mass is 460 g/mol. The number of rotatable bonds is 7. The van der Waals surface area contributed by atoms with Crippen molar-refractivity contribution in [2.24, 2.45) is 7.05 Å². The van der Waals surface area contributed by atoms with Crippen molar-refractivity contribution in [2.45, 2.75) is 37.8 Å². The van der Waals surface area contributed by atoms with Crippen LogP contribution in [-0.2, 0) is 19.1 Å². The molecular formula is C23H24N8OS. The number of anilines is 1. The lowest BCUT2D eigenvalue weighted by atomic mass is 9.97. The zero-order valence-corrected chi connectivity index (χ0v) is 19.0. The zero-order chi connectivity index (χ0) is 22.7. The molecule has 0 aliphatic heterocycles. The van der Waals surface area contributed by atoms with Crippen LogP contribution in [0.1, 0.15) is 46.9 Å². The van der Waals surface area contributed by atoms with E-state index in [0.29, 0.717) is 23.6 Å². The number of nitrogens with zero attached hydrogens (tertiary/aromatic N) is 6. The Hall–Kier alpha value is -3.66. The minimum absolute atomic E-state index is 0.0829. The topological polar surface area (TPSA) is 111 Å². The largest absolute Gasteiger partial charge is 0.378 e. The fourth-order valence-corrected chi connectivity index (χ4v) is 5.09. The summed E-state index contributed by atoms with van der Waals surface area (Å²) in [5, 5.41) is 18.1. The molecule has 3 aromatic heterocycles. The Morgan fingerprint density at radius 1 is 1.15 bits per heavy atom. The molecule has 0 saturated heterocycles. The molecule has 3 heterocycles. The minimum Gasteiger partial charge on any atom is -0.378 e. The third-order valence-electron chi connectivity index (χ3n) is 6.00. The summed E-state index contributed by atoms with van der Waals surface area (Å²) in [5.74, 6) is 1.35. The van der Waals surface area contributed by atoms with Crippen molar-refractivity contribution in [3.05, 3.63) is 70.8 Å². The van der Waals surface area contributed by atoms with Crippen molar-refractivity contribution >= 4 is 22.9 Å². The lowest BCUT2D eigenvalue weighted by Gasteiger charge is -2.28. The number of aromatic nitrogens is 6. The minimum atomic E-state index is -0.356. The third-order valence-corrected chi connectivity index (χ3v) is 6.98. The molecule has 1 fully saturated rings. The molecule has 168 valence electrons. The molecule has 9 nitrogen and oxygen atoms in total. The molecule has 5 rings (SSSR count). The predicted molar refractivity (Wildman–Crippen MR) is 126 cm³/mol. The summed E-state index contributed by atoms with van der Waals surface area (Å²) in [4.78, 5) is 25.8. The number of thiazole rings is 1. The number of carbonyl (C=O) groups is 1. The second kappa shape index (κ2) is 9.07. The number of hydrogen-bond donors (Lipinski definition) is 2. The summed E-state index contributed by atoms with van der Waals surface area (Å²) < 4.78 is 1.89. The average molecular weight is 461 g/mol. The summed E-state index contributed by atoms with van der Waals surface area (Å²) in [6, 6.07) is 9.31. The second-order valence-electron chi connectivity index (χ2n) is 8.11. The normalized spacial score (nSPS) is 14.8. The highest BCUT2D eigenvalue weighted by molar-refractivity contribution is 7.09. The average Bonchev–Trinajstić information content (AvgIpc) is 3.61. The van der Waals surface area contributed by atoms with E-state index in [-0.39, 0.29) is 11.4 Å². The van der Waals surface area contributed by atoms with Gasteiger partial charge in [0, 0.05) is 36.1 Å². The Balaban J connectivity index is 1.28. The molecule has 10 heteroatoms. The van der Waals surface area contributed by atoms with E-state index in [2.05, 4.69) is 35.8 Å². The first-order valence-electron chi connectivity index (χ1n) is 10.9. The van der Waals surface area contributed by atoms with Crippen LogP contribution in [-0.4, -0.2) is 35.6 Å². The molecule has 4 aromatic rings. The Bertz CT molecular complexity index is 1230. The molecule has 0 radical (unpaired) electrons. The Kier molecular flexibility index (Phi) is 5.82. The smallest absolute Gasteiger partial charge is 0.252 e. The van der Waals surface area contributed by atoms with Gasteiger partial charge in [-0.3, -0.25) is 4.79 Å². The van der Waals surface area contributed by atoms with Crippen molar-refractivity contribution in [1.29, 1.82) is 0 Å². The van der Waals surface area contributed by atoms with Gasteiger partial charge in [-0.05, 0) is 37.1 Å². The van der Waals surface area contributed by atoms with Crippen LogP contribution < -0.4 is 10.6 Å². The molecule has 2 N–H and O–H groups in total. The second-order valence-corrected chi connectivity index (χ2v) is 9.00. The van der Waals surface area contributed by atoms with Gasteiger partial charge in [0.15, 0.2) is 11.6 Å². The van der Waals surface area contributed by atoms with Crippen LogP contribution in [0.5, 0.6) is 0 Å². The van der Waals surface area contributed by atoms with Gasteiger partial charge in [-0.2, -0.15) is 0 Å². The van der Waals surface area contributed by atoms with Crippen LogP contribution in [0.4, 0.5) is 5.69 Å². The van der Waals surface area contributed by atoms with Crippen molar-refractivity contribution in [2.75, 3.05) is 5.32 Å². The summed E-state index contributed by atoms with van der Waals surface area (Å²) in [6.07, 6.45) is 9.00. The summed E-state index contributed by atoms with van der Waals surface area (Å²) in [7, 11) is 1.90. The van der Waals surface area contributed by atoms with Crippen LogP contribution in [0.3, 0.4) is 0 Å². The Morgan fingerprint density at radius 3 is 2.79 bits per heavy atom.